The number of aryl methyl sites for hydroxylation is 2. The Kier molecular flexibility index (Phi) is 7.24. The normalized spacial score (nSPS) is 16.1. The van der Waals surface area contributed by atoms with Crippen molar-refractivity contribution in [1.82, 2.24) is 14.7 Å². The van der Waals surface area contributed by atoms with E-state index in [2.05, 4.69) is 15.1 Å². The number of hydrogen-bond donors (Lipinski definition) is 1. The molecule has 160 valence electrons. The Morgan fingerprint density at radius 1 is 0.933 bits per heavy atom. The summed E-state index contributed by atoms with van der Waals surface area (Å²) >= 11 is 0. The van der Waals surface area contributed by atoms with Crippen LogP contribution in [0.25, 0.3) is 0 Å². The Bertz CT molecular complexity index is 854. The minimum atomic E-state index is -0.285. The predicted molar refractivity (Wildman–Crippen MR) is 120 cm³/mol. The average molecular weight is 409 g/mol. The zero-order valence-electron chi connectivity index (χ0n) is 18.4. The number of nitrogens with zero attached hydrogens (tertiary/aromatic N) is 3. The zero-order valence-corrected chi connectivity index (χ0v) is 18.4. The van der Waals surface area contributed by atoms with Gasteiger partial charge in [0.2, 0.25) is 11.8 Å². The third-order valence-electron chi connectivity index (χ3n) is 5.67. The molecule has 1 saturated heterocycles. The summed E-state index contributed by atoms with van der Waals surface area (Å²) in [6, 6.07) is 15.7. The molecule has 0 saturated carbocycles. The van der Waals surface area contributed by atoms with Crippen LogP contribution in [-0.2, 0) is 9.59 Å². The number of rotatable bonds is 6. The molecule has 1 fully saturated rings. The molecule has 1 aliphatic heterocycles. The van der Waals surface area contributed by atoms with Crippen LogP contribution in [0.5, 0.6) is 0 Å². The van der Waals surface area contributed by atoms with Crippen LogP contribution >= 0.6 is 0 Å². The summed E-state index contributed by atoms with van der Waals surface area (Å²) in [6.45, 7) is 7.37. The maximum absolute atomic E-state index is 12.9. The molecule has 0 spiro atoms. The molecule has 2 amide bonds. The minimum Gasteiger partial charge on any atom is -0.347 e. The lowest BCUT2D eigenvalue weighted by molar-refractivity contribution is -0.135. The summed E-state index contributed by atoms with van der Waals surface area (Å²) < 4.78 is 0. The van der Waals surface area contributed by atoms with Crippen LogP contribution in [0.2, 0.25) is 0 Å². The van der Waals surface area contributed by atoms with Crippen LogP contribution in [0.15, 0.2) is 48.5 Å². The number of nitrogens with one attached hydrogen (secondary N) is 1. The number of anilines is 1. The molecule has 2 aromatic rings. The Morgan fingerprint density at radius 2 is 1.53 bits per heavy atom. The standard InChI is InChI=1S/C24H32N4O2/c1-18-9-8-10-19(2)22(18)25-21(29)17-27-13-15-28(16-14-27)23(24(30)26(3)4)20-11-6-5-7-12-20/h5-12,23H,13-17H2,1-4H3,(H,25,29)/t23-/m1/s1. The monoisotopic (exact) mass is 408 g/mol. The second-order valence-electron chi connectivity index (χ2n) is 8.17. The Balaban J connectivity index is 1.60. The topological polar surface area (TPSA) is 55.9 Å². The summed E-state index contributed by atoms with van der Waals surface area (Å²) in [7, 11) is 3.60. The molecule has 0 unspecified atom stereocenters. The quantitative estimate of drug-likeness (QED) is 0.799. The van der Waals surface area contributed by atoms with Crippen LogP contribution in [0, 0.1) is 13.8 Å². The van der Waals surface area contributed by atoms with E-state index in [9.17, 15) is 9.59 Å². The van der Waals surface area contributed by atoms with Crippen molar-refractivity contribution in [2.24, 2.45) is 0 Å². The van der Waals surface area contributed by atoms with E-state index in [1.807, 2.05) is 62.4 Å². The number of carbonyl (C=O) groups is 2. The van der Waals surface area contributed by atoms with E-state index in [-0.39, 0.29) is 17.9 Å². The number of benzene rings is 2. The van der Waals surface area contributed by atoms with E-state index in [1.165, 1.54) is 0 Å². The number of hydrogen-bond acceptors (Lipinski definition) is 4. The van der Waals surface area contributed by atoms with Crippen molar-refractivity contribution in [2.75, 3.05) is 52.1 Å². The van der Waals surface area contributed by atoms with Crippen molar-refractivity contribution in [3.8, 4) is 0 Å². The summed E-state index contributed by atoms with van der Waals surface area (Å²) in [5.41, 5.74) is 4.06. The van der Waals surface area contributed by atoms with Gasteiger partial charge in [-0.2, -0.15) is 0 Å². The van der Waals surface area contributed by atoms with Gasteiger partial charge >= 0.3 is 0 Å². The molecule has 0 aliphatic carbocycles. The molecule has 1 atom stereocenters. The van der Waals surface area contributed by atoms with Gasteiger partial charge in [-0.15, -0.1) is 0 Å². The molecule has 6 heteroatoms. The van der Waals surface area contributed by atoms with E-state index in [4.69, 9.17) is 0 Å². The van der Waals surface area contributed by atoms with Crippen molar-refractivity contribution in [2.45, 2.75) is 19.9 Å². The van der Waals surface area contributed by atoms with Crippen molar-refractivity contribution < 1.29 is 9.59 Å². The summed E-state index contributed by atoms with van der Waals surface area (Å²) in [4.78, 5) is 31.5. The number of piperazine rings is 1. The van der Waals surface area contributed by atoms with Gasteiger partial charge in [0.05, 0.1) is 6.54 Å². The first-order valence-electron chi connectivity index (χ1n) is 10.5. The fourth-order valence-corrected chi connectivity index (χ4v) is 3.96. The molecule has 30 heavy (non-hydrogen) atoms. The fraction of sp³-hybridized carbons (Fsp3) is 0.417. The van der Waals surface area contributed by atoms with Gasteiger partial charge in [0.25, 0.3) is 0 Å². The highest BCUT2D eigenvalue weighted by Gasteiger charge is 2.31. The molecule has 0 bridgehead atoms. The van der Waals surface area contributed by atoms with Gasteiger partial charge in [0.15, 0.2) is 0 Å². The molecule has 1 N–H and O–H groups in total. The van der Waals surface area contributed by atoms with Crippen LogP contribution in [0.4, 0.5) is 5.69 Å². The van der Waals surface area contributed by atoms with E-state index < -0.39 is 0 Å². The molecule has 2 aromatic carbocycles. The predicted octanol–water partition coefficient (Wildman–Crippen LogP) is 2.69. The van der Waals surface area contributed by atoms with Gasteiger partial charge in [0, 0.05) is 46.0 Å². The highest BCUT2D eigenvalue weighted by atomic mass is 16.2. The Labute approximate surface area is 179 Å². The molecular formula is C24H32N4O2. The molecule has 0 aromatic heterocycles. The maximum atomic E-state index is 12.9. The van der Waals surface area contributed by atoms with Crippen LogP contribution in [-0.4, -0.2) is 73.3 Å². The first-order valence-corrected chi connectivity index (χ1v) is 10.5. The molecule has 3 rings (SSSR count). The van der Waals surface area contributed by atoms with Crippen LogP contribution in [0.3, 0.4) is 0 Å². The lowest BCUT2D eigenvalue weighted by Crippen LogP contribution is -2.52. The minimum absolute atomic E-state index is 0.00447. The second kappa shape index (κ2) is 9.87. The molecule has 0 radical (unpaired) electrons. The number of carbonyl (C=O) groups excluding carboxylic acids is 2. The highest BCUT2D eigenvalue weighted by molar-refractivity contribution is 5.93. The van der Waals surface area contributed by atoms with Crippen LogP contribution in [0.1, 0.15) is 22.7 Å². The van der Waals surface area contributed by atoms with Crippen molar-refractivity contribution in [3.05, 3.63) is 65.2 Å². The Morgan fingerprint density at radius 3 is 2.10 bits per heavy atom. The maximum Gasteiger partial charge on any atom is 0.244 e. The first-order chi connectivity index (χ1) is 14.4. The SMILES string of the molecule is Cc1cccc(C)c1NC(=O)CN1CCN([C@@H](C(=O)N(C)C)c2ccccc2)CC1. The van der Waals surface area contributed by atoms with E-state index in [0.29, 0.717) is 6.54 Å². The number of likely N-dealkylation sites (N-methyl/N-ethyl adjacent to an activating group) is 1. The molecular weight excluding hydrogens is 376 g/mol. The van der Waals surface area contributed by atoms with Crippen LogP contribution < -0.4 is 5.32 Å². The van der Waals surface area contributed by atoms with E-state index >= 15 is 0 Å². The lowest BCUT2D eigenvalue weighted by Gasteiger charge is -2.39. The highest BCUT2D eigenvalue weighted by Crippen LogP contribution is 2.24. The number of para-hydroxylation sites is 1. The molecule has 6 nitrogen and oxygen atoms in total. The van der Waals surface area contributed by atoms with Crippen molar-refractivity contribution >= 4 is 17.5 Å². The molecule has 1 aliphatic rings. The zero-order chi connectivity index (χ0) is 21.7. The molecule has 1 heterocycles. The van der Waals surface area contributed by atoms with Gasteiger partial charge in [-0.05, 0) is 30.5 Å². The van der Waals surface area contributed by atoms with E-state index in [1.54, 1.807) is 19.0 Å². The van der Waals surface area contributed by atoms with Gasteiger partial charge < -0.3 is 10.2 Å². The summed E-state index contributed by atoms with van der Waals surface area (Å²) in [5, 5.41) is 3.06. The van der Waals surface area contributed by atoms with Gasteiger partial charge in [-0.25, -0.2) is 0 Å². The average Bonchev–Trinajstić information content (AvgIpc) is 2.73. The first kappa shape index (κ1) is 22.0. The summed E-state index contributed by atoms with van der Waals surface area (Å²) in [5.74, 6) is 0.0900. The third kappa shape index (κ3) is 5.26. The smallest absolute Gasteiger partial charge is 0.244 e. The number of amides is 2. The summed E-state index contributed by atoms with van der Waals surface area (Å²) in [6.07, 6.45) is 0. The largest absolute Gasteiger partial charge is 0.347 e. The van der Waals surface area contributed by atoms with E-state index in [0.717, 1.165) is 48.6 Å². The lowest BCUT2D eigenvalue weighted by atomic mass is 10.0. The fourth-order valence-electron chi connectivity index (χ4n) is 3.96. The van der Waals surface area contributed by atoms with Crippen molar-refractivity contribution in [3.63, 3.8) is 0 Å². The van der Waals surface area contributed by atoms with Gasteiger partial charge in [-0.1, -0.05) is 48.5 Å². The van der Waals surface area contributed by atoms with Gasteiger partial charge in [-0.3, -0.25) is 19.4 Å². The Hall–Kier alpha value is -2.70. The van der Waals surface area contributed by atoms with Crippen molar-refractivity contribution in [1.29, 1.82) is 0 Å². The van der Waals surface area contributed by atoms with Gasteiger partial charge in [0.1, 0.15) is 6.04 Å². The second-order valence-corrected chi connectivity index (χ2v) is 8.17. The third-order valence-corrected chi connectivity index (χ3v) is 5.67.